The molecule has 0 aromatic heterocycles. The van der Waals surface area contributed by atoms with Crippen LogP contribution in [0.25, 0.3) is 6.08 Å². The van der Waals surface area contributed by atoms with E-state index in [-0.39, 0.29) is 11.2 Å². The molecule has 0 radical (unpaired) electrons. The molecule has 0 saturated carbocycles. The zero-order valence-corrected chi connectivity index (χ0v) is 20.1. The van der Waals surface area contributed by atoms with Gasteiger partial charge in [-0.3, -0.25) is 4.79 Å². The van der Waals surface area contributed by atoms with Gasteiger partial charge < -0.3 is 14.2 Å². The maximum absolute atomic E-state index is 12.7. The van der Waals surface area contributed by atoms with Crippen LogP contribution < -0.4 is 14.2 Å². The molecule has 172 valence electrons. The number of allylic oxidation sites excluding steroid dienone is 1. The van der Waals surface area contributed by atoms with Crippen LogP contribution in [0.2, 0.25) is 0 Å². The summed E-state index contributed by atoms with van der Waals surface area (Å²) < 4.78 is 17.5. The lowest BCUT2D eigenvalue weighted by Crippen LogP contribution is -2.15. The van der Waals surface area contributed by atoms with E-state index in [0.29, 0.717) is 31.1 Å². The highest BCUT2D eigenvalue weighted by Crippen LogP contribution is 2.37. The number of ether oxygens (including phenoxy) is 3. The Bertz CT molecular complexity index is 918. The lowest BCUT2D eigenvalue weighted by molar-refractivity contribution is 0.104. The van der Waals surface area contributed by atoms with Gasteiger partial charge in [0.2, 0.25) is 0 Å². The molecule has 0 aliphatic heterocycles. The second-order valence-corrected chi connectivity index (χ2v) is 8.65. The summed E-state index contributed by atoms with van der Waals surface area (Å²) in [7, 11) is 0. The molecule has 0 saturated heterocycles. The molecule has 0 amide bonds. The second kappa shape index (κ2) is 12.1. The van der Waals surface area contributed by atoms with Crippen LogP contribution in [0.5, 0.6) is 17.2 Å². The van der Waals surface area contributed by atoms with E-state index in [0.717, 1.165) is 35.5 Å². The first-order valence-electron chi connectivity index (χ1n) is 11.3. The van der Waals surface area contributed by atoms with Gasteiger partial charge in [-0.1, -0.05) is 47.3 Å². The zero-order chi connectivity index (χ0) is 23.6. The van der Waals surface area contributed by atoms with E-state index in [1.165, 1.54) is 0 Å². The van der Waals surface area contributed by atoms with Crippen LogP contribution in [-0.2, 0) is 5.41 Å². The molecule has 0 fully saturated rings. The monoisotopic (exact) mass is 436 g/mol. The smallest absolute Gasteiger partial charge is 0.185 e. The fourth-order valence-corrected chi connectivity index (χ4v) is 3.09. The third kappa shape index (κ3) is 7.30. The summed E-state index contributed by atoms with van der Waals surface area (Å²) in [5.74, 6) is 2.19. The van der Waals surface area contributed by atoms with Crippen LogP contribution in [0.15, 0.2) is 55.1 Å². The summed E-state index contributed by atoms with van der Waals surface area (Å²) in [5, 5.41) is 0. The molecule has 0 N–H and O–H groups in total. The molecule has 0 bridgehead atoms. The third-order valence-electron chi connectivity index (χ3n) is 4.76. The lowest BCUT2D eigenvalue weighted by atomic mass is 9.85. The SMILES string of the molecule is C=CCOc1ccc(C(=O)/C=C/c2cc(C(C)(C)C)c(OCCC)cc2OCCC)cc1. The maximum Gasteiger partial charge on any atom is 0.185 e. The van der Waals surface area contributed by atoms with Gasteiger partial charge in [-0.2, -0.15) is 0 Å². The molecule has 0 unspecified atom stereocenters. The third-order valence-corrected chi connectivity index (χ3v) is 4.76. The van der Waals surface area contributed by atoms with E-state index >= 15 is 0 Å². The number of hydrogen-bond acceptors (Lipinski definition) is 4. The van der Waals surface area contributed by atoms with Crippen LogP contribution in [0.1, 0.15) is 68.9 Å². The highest BCUT2D eigenvalue weighted by Gasteiger charge is 2.22. The lowest BCUT2D eigenvalue weighted by Gasteiger charge is -2.25. The van der Waals surface area contributed by atoms with Gasteiger partial charge in [0.1, 0.15) is 23.9 Å². The molecule has 0 heterocycles. The number of carbonyl (C=O) groups is 1. The normalized spacial score (nSPS) is 11.4. The summed E-state index contributed by atoms with van der Waals surface area (Å²) >= 11 is 0. The predicted octanol–water partition coefficient (Wildman–Crippen LogP) is 7.02. The molecular weight excluding hydrogens is 400 g/mol. The van der Waals surface area contributed by atoms with Gasteiger partial charge in [0, 0.05) is 22.8 Å². The average Bonchev–Trinajstić information content (AvgIpc) is 2.78. The number of hydrogen-bond donors (Lipinski definition) is 0. The van der Waals surface area contributed by atoms with Gasteiger partial charge in [0.05, 0.1) is 13.2 Å². The van der Waals surface area contributed by atoms with Gasteiger partial charge in [-0.25, -0.2) is 0 Å². The van der Waals surface area contributed by atoms with Gasteiger partial charge in [0.25, 0.3) is 0 Å². The van der Waals surface area contributed by atoms with Crippen LogP contribution in [0.4, 0.5) is 0 Å². The van der Waals surface area contributed by atoms with Crippen molar-refractivity contribution < 1.29 is 19.0 Å². The van der Waals surface area contributed by atoms with Crippen LogP contribution in [-0.4, -0.2) is 25.6 Å². The maximum atomic E-state index is 12.7. The van der Waals surface area contributed by atoms with E-state index < -0.39 is 0 Å². The van der Waals surface area contributed by atoms with E-state index in [1.807, 2.05) is 12.1 Å². The van der Waals surface area contributed by atoms with Crippen molar-refractivity contribution >= 4 is 11.9 Å². The number of ketones is 1. The Morgan fingerprint density at radius 1 is 0.938 bits per heavy atom. The Balaban J connectivity index is 2.35. The van der Waals surface area contributed by atoms with Crippen molar-refractivity contribution in [3.63, 3.8) is 0 Å². The first-order valence-corrected chi connectivity index (χ1v) is 11.3. The van der Waals surface area contributed by atoms with Crippen molar-refractivity contribution in [2.75, 3.05) is 19.8 Å². The topological polar surface area (TPSA) is 44.8 Å². The Kier molecular flexibility index (Phi) is 9.58. The summed E-state index contributed by atoms with van der Waals surface area (Å²) in [5.41, 5.74) is 2.44. The number of benzene rings is 2. The minimum absolute atomic E-state index is 0.0784. The number of rotatable bonds is 12. The Hall–Kier alpha value is -3.01. The highest BCUT2D eigenvalue weighted by atomic mass is 16.5. The molecule has 0 spiro atoms. The van der Waals surface area contributed by atoms with E-state index in [2.05, 4.69) is 47.3 Å². The Morgan fingerprint density at radius 2 is 1.56 bits per heavy atom. The molecular formula is C28H36O4. The Labute approximate surface area is 192 Å². The summed E-state index contributed by atoms with van der Waals surface area (Å²) in [6, 6.07) is 11.1. The summed E-state index contributed by atoms with van der Waals surface area (Å²) in [6.45, 7) is 15.9. The molecule has 2 aromatic carbocycles. The number of carbonyl (C=O) groups excluding carboxylic acids is 1. The van der Waals surface area contributed by atoms with Crippen molar-refractivity contribution in [1.29, 1.82) is 0 Å². The quantitative estimate of drug-likeness (QED) is 0.204. The molecule has 0 aliphatic rings. The van der Waals surface area contributed by atoms with Crippen LogP contribution in [0.3, 0.4) is 0 Å². The van der Waals surface area contributed by atoms with Crippen LogP contribution in [0, 0.1) is 0 Å². The second-order valence-electron chi connectivity index (χ2n) is 8.65. The van der Waals surface area contributed by atoms with Crippen molar-refractivity contribution in [3.05, 3.63) is 71.8 Å². The molecule has 2 rings (SSSR count). The molecule has 0 atom stereocenters. The molecule has 4 heteroatoms. The summed E-state index contributed by atoms with van der Waals surface area (Å²) in [6.07, 6.45) is 6.93. The largest absolute Gasteiger partial charge is 0.493 e. The summed E-state index contributed by atoms with van der Waals surface area (Å²) in [4.78, 5) is 12.7. The van der Waals surface area contributed by atoms with Crippen LogP contribution >= 0.6 is 0 Å². The van der Waals surface area contributed by atoms with Gasteiger partial charge in [-0.05, 0) is 60.7 Å². The average molecular weight is 437 g/mol. The predicted molar refractivity (Wildman–Crippen MR) is 132 cm³/mol. The van der Waals surface area contributed by atoms with E-state index in [1.54, 1.807) is 36.4 Å². The molecule has 2 aromatic rings. The zero-order valence-electron chi connectivity index (χ0n) is 20.1. The van der Waals surface area contributed by atoms with E-state index in [9.17, 15) is 4.79 Å². The Morgan fingerprint density at radius 3 is 2.12 bits per heavy atom. The highest BCUT2D eigenvalue weighted by molar-refractivity contribution is 6.07. The van der Waals surface area contributed by atoms with Crippen molar-refractivity contribution in [2.45, 2.75) is 52.9 Å². The van der Waals surface area contributed by atoms with E-state index in [4.69, 9.17) is 14.2 Å². The molecule has 32 heavy (non-hydrogen) atoms. The van der Waals surface area contributed by atoms with Gasteiger partial charge in [0.15, 0.2) is 5.78 Å². The molecule has 4 nitrogen and oxygen atoms in total. The minimum atomic E-state index is -0.111. The van der Waals surface area contributed by atoms with Gasteiger partial charge >= 0.3 is 0 Å². The molecule has 0 aliphatic carbocycles. The fourth-order valence-electron chi connectivity index (χ4n) is 3.09. The van der Waals surface area contributed by atoms with Gasteiger partial charge in [-0.15, -0.1) is 0 Å². The first-order chi connectivity index (χ1) is 15.3. The standard InChI is InChI=1S/C28H36O4/c1-7-16-30-23-13-10-21(11-14-23)25(29)15-12-22-19-24(28(4,5)6)27(32-18-9-3)20-26(22)31-17-8-2/h7,10-15,19-20H,1,8-9,16-18H2,2-6H3/b15-12+. The van der Waals surface area contributed by atoms with Crippen molar-refractivity contribution in [2.24, 2.45) is 0 Å². The van der Waals surface area contributed by atoms with Crippen molar-refractivity contribution in [3.8, 4) is 17.2 Å². The first kappa shape index (κ1) is 25.3. The fraction of sp³-hybridized carbons (Fsp3) is 0.393. The van der Waals surface area contributed by atoms with Crippen molar-refractivity contribution in [1.82, 2.24) is 0 Å². The minimum Gasteiger partial charge on any atom is -0.493 e.